The molecule has 72 valence electrons. The normalized spacial score (nSPS) is 15.3. The molecule has 2 heterocycles. The average molecular weight is 180 g/mol. The van der Waals surface area contributed by atoms with Crippen LogP contribution in [0.5, 0.6) is 0 Å². The first-order valence-corrected chi connectivity index (χ1v) is 4.66. The van der Waals surface area contributed by atoms with Crippen LogP contribution in [0.4, 0.5) is 0 Å². The number of aromatic nitrogens is 2. The van der Waals surface area contributed by atoms with Crippen molar-refractivity contribution in [1.29, 1.82) is 0 Å². The van der Waals surface area contributed by atoms with Gasteiger partial charge in [0.1, 0.15) is 0 Å². The van der Waals surface area contributed by atoms with Crippen molar-refractivity contribution in [3.63, 3.8) is 0 Å². The smallest absolute Gasteiger partial charge is 0.0807 e. The van der Waals surface area contributed by atoms with Gasteiger partial charge in [-0.05, 0) is 14.1 Å². The van der Waals surface area contributed by atoms with E-state index in [1.165, 1.54) is 11.3 Å². The summed E-state index contributed by atoms with van der Waals surface area (Å²) in [6.07, 6.45) is 2.15. The van der Waals surface area contributed by atoms with E-state index in [2.05, 4.69) is 35.6 Å². The Morgan fingerprint density at radius 3 is 3.08 bits per heavy atom. The quantitative estimate of drug-likeness (QED) is 0.713. The third-order valence-corrected chi connectivity index (χ3v) is 2.31. The highest BCUT2D eigenvalue weighted by molar-refractivity contribution is 5.20. The molecule has 0 atom stereocenters. The number of hydrogen-bond acceptors (Lipinski definition) is 3. The molecule has 0 unspecified atom stereocenters. The van der Waals surface area contributed by atoms with E-state index in [4.69, 9.17) is 0 Å². The fourth-order valence-corrected chi connectivity index (χ4v) is 1.53. The molecular weight excluding hydrogens is 164 g/mol. The zero-order valence-corrected chi connectivity index (χ0v) is 8.25. The van der Waals surface area contributed by atoms with Crippen LogP contribution in [0.3, 0.4) is 0 Å². The molecule has 1 aromatic heterocycles. The maximum Gasteiger partial charge on any atom is 0.0807 e. The van der Waals surface area contributed by atoms with Crippen LogP contribution < -0.4 is 5.32 Å². The number of nitrogens with one attached hydrogen (secondary N) is 1. The average Bonchev–Trinajstić information content (AvgIpc) is 2.58. The summed E-state index contributed by atoms with van der Waals surface area (Å²) in [6, 6.07) is 0. The van der Waals surface area contributed by atoms with E-state index >= 15 is 0 Å². The summed E-state index contributed by atoms with van der Waals surface area (Å²) in [5, 5.41) is 7.76. The topological polar surface area (TPSA) is 33.1 Å². The second kappa shape index (κ2) is 3.47. The Hall–Kier alpha value is -0.870. The van der Waals surface area contributed by atoms with Crippen LogP contribution in [0.25, 0.3) is 0 Å². The predicted molar refractivity (Wildman–Crippen MR) is 51.3 cm³/mol. The summed E-state index contributed by atoms with van der Waals surface area (Å²) >= 11 is 0. The standard InChI is InChI=1S/C9H16N4/c1-12(2)3-4-13-7-8-5-10-6-9(8)11-13/h7,10H,3-6H2,1-2H3. The summed E-state index contributed by atoms with van der Waals surface area (Å²) in [7, 11) is 4.16. The van der Waals surface area contributed by atoms with Crippen molar-refractivity contribution < 1.29 is 0 Å². The summed E-state index contributed by atoms with van der Waals surface area (Å²) in [6.45, 7) is 3.95. The molecule has 0 amide bonds. The van der Waals surface area contributed by atoms with Gasteiger partial charge < -0.3 is 10.2 Å². The fourth-order valence-electron chi connectivity index (χ4n) is 1.53. The minimum absolute atomic E-state index is 0.935. The van der Waals surface area contributed by atoms with Gasteiger partial charge in [0.25, 0.3) is 0 Å². The zero-order chi connectivity index (χ0) is 9.26. The third-order valence-electron chi connectivity index (χ3n) is 2.31. The lowest BCUT2D eigenvalue weighted by atomic mass is 10.3. The molecular formula is C9H16N4. The Balaban J connectivity index is 1.98. The first-order valence-electron chi connectivity index (χ1n) is 4.66. The molecule has 0 bridgehead atoms. The van der Waals surface area contributed by atoms with Crippen molar-refractivity contribution in [1.82, 2.24) is 20.0 Å². The number of hydrogen-bond donors (Lipinski definition) is 1. The number of nitrogens with zero attached hydrogens (tertiary/aromatic N) is 3. The fraction of sp³-hybridized carbons (Fsp3) is 0.667. The molecule has 0 aliphatic carbocycles. The molecule has 2 rings (SSSR count). The molecule has 0 radical (unpaired) electrons. The van der Waals surface area contributed by atoms with Crippen LogP contribution in [0.15, 0.2) is 6.20 Å². The SMILES string of the molecule is CN(C)CCn1cc2c(n1)CNC2. The zero-order valence-electron chi connectivity index (χ0n) is 8.25. The van der Waals surface area contributed by atoms with Crippen LogP contribution in [-0.4, -0.2) is 35.3 Å². The largest absolute Gasteiger partial charge is 0.308 e. The predicted octanol–water partition coefficient (Wildman–Crippen LogP) is 0.0479. The summed E-state index contributed by atoms with van der Waals surface area (Å²) in [5.74, 6) is 0. The van der Waals surface area contributed by atoms with Crippen LogP contribution in [-0.2, 0) is 19.6 Å². The van der Waals surface area contributed by atoms with E-state index in [0.717, 1.165) is 26.2 Å². The first-order chi connectivity index (χ1) is 6.25. The third kappa shape index (κ3) is 1.89. The molecule has 0 fully saturated rings. The Labute approximate surface area is 78.5 Å². The van der Waals surface area contributed by atoms with E-state index in [9.17, 15) is 0 Å². The van der Waals surface area contributed by atoms with Gasteiger partial charge in [-0.15, -0.1) is 0 Å². The molecule has 1 aromatic rings. The van der Waals surface area contributed by atoms with Crippen molar-refractivity contribution in [2.75, 3.05) is 20.6 Å². The highest BCUT2D eigenvalue weighted by Crippen LogP contribution is 2.12. The van der Waals surface area contributed by atoms with Gasteiger partial charge in [-0.3, -0.25) is 4.68 Å². The van der Waals surface area contributed by atoms with E-state index < -0.39 is 0 Å². The number of rotatable bonds is 3. The van der Waals surface area contributed by atoms with Crippen LogP contribution in [0.1, 0.15) is 11.3 Å². The molecule has 13 heavy (non-hydrogen) atoms. The minimum Gasteiger partial charge on any atom is -0.308 e. The minimum atomic E-state index is 0.935. The van der Waals surface area contributed by atoms with Gasteiger partial charge in [0.15, 0.2) is 0 Å². The van der Waals surface area contributed by atoms with E-state index in [1.807, 2.05) is 4.68 Å². The van der Waals surface area contributed by atoms with Gasteiger partial charge in [0, 0.05) is 31.4 Å². The Bertz CT molecular complexity index is 268. The molecule has 0 aromatic carbocycles. The van der Waals surface area contributed by atoms with Crippen molar-refractivity contribution >= 4 is 0 Å². The van der Waals surface area contributed by atoms with Crippen LogP contribution in [0.2, 0.25) is 0 Å². The van der Waals surface area contributed by atoms with E-state index in [1.54, 1.807) is 0 Å². The maximum atomic E-state index is 4.49. The van der Waals surface area contributed by atoms with Crippen molar-refractivity contribution in [2.24, 2.45) is 0 Å². The van der Waals surface area contributed by atoms with Gasteiger partial charge in [0.2, 0.25) is 0 Å². The number of likely N-dealkylation sites (N-methyl/N-ethyl adjacent to an activating group) is 1. The Morgan fingerprint density at radius 1 is 1.54 bits per heavy atom. The molecule has 4 heteroatoms. The van der Waals surface area contributed by atoms with Gasteiger partial charge in [-0.1, -0.05) is 0 Å². The Kier molecular flexibility index (Phi) is 2.33. The molecule has 1 aliphatic heterocycles. The molecule has 0 saturated heterocycles. The van der Waals surface area contributed by atoms with Crippen LogP contribution >= 0.6 is 0 Å². The molecule has 1 aliphatic rings. The highest BCUT2D eigenvalue weighted by atomic mass is 15.3. The number of fused-ring (bicyclic) bond motifs is 1. The van der Waals surface area contributed by atoms with Crippen molar-refractivity contribution in [3.05, 3.63) is 17.5 Å². The van der Waals surface area contributed by atoms with Crippen molar-refractivity contribution in [2.45, 2.75) is 19.6 Å². The van der Waals surface area contributed by atoms with Gasteiger partial charge in [-0.25, -0.2) is 0 Å². The van der Waals surface area contributed by atoms with Gasteiger partial charge in [-0.2, -0.15) is 5.10 Å². The van der Waals surface area contributed by atoms with Gasteiger partial charge >= 0.3 is 0 Å². The molecule has 1 N–H and O–H groups in total. The lowest BCUT2D eigenvalue weighted by Gasteiger charge is -2.08. The molecule has 0 spiro atoms. The lowest BCUT2D eigenvalue weighted by molar-refractivity contribution is 0.372. The van der Waals surface area contributed by atoms with Gasteiger partial charge in [0.05, 0.1) is 12.2 Å². The highest BCUT2D eigenvalue weighted by Gasteiger charge is 2.13. The second-order valence-corrected chi connectivity index (χ2v) is 3.77. The van der Waals surface area contributed by atoms with Crippen LogP contribution in [0, 0.1) is 0 Å². The molecule has 4 nitrogen and oxygen atoms in total. The second-order valence-electron chi connectivity index (χ2n) is 3.77. The van der Waals surface area contributed by atoms with Crippen molar-refractivity contribution in [3.8, 4) is 0 Å². The molecule has 0 saturated carbocycles. The Morgan fingerprint density at radius 2 is 2.38 bits per heavy atom. The summed E-state index contributed by atoms with van der Waals surface area (Å²) < 4.78 is 2.05. The lowest BCUT2D eigenvalue weighted by Crippen LogP contribution is -2.19. The van der Waals surface area contributed by atoms with E-state index in [-0.39, 0.29) is 0 Å². The first kappa shape index (κ1) is 8.72. The summed E-state index contributed by atoms with van der Waals surface area (Å²) in [5.41, 5.74) is 2.58. The summed E-state index contributed by atoms with van der Waals surface area (Å²) in [4.78, 5) is 2.17. The van der Waals surface area contributed by atoms with E-state index in [0.29, 0.717) is 0 Å². The maximum absolute atomic E-state index is 4.49. The monoisotopic (exact) mass is 180 g/mol.